The van der Waals surface area contributed by atoms with Gasteiger partial charge in [-0.15, -0.1) is 11.3 Å². The molecular weight excluding hydrogens is 260 g/mol. The number of thiazole rings is 1. The van der Waals surface area contributed by atoms with E-state index >= 15 is 0 Å². The highest BCUT2D eigenvalue weighted by Gasteiger charge is 2.25. The Hall–Kier alpha value is -1.88. The maximum Gasteiger partial charge on any atom is 0.309 e. The van der Waals surface area contributed by atoms with Crippen molar-refractivity contribution in [2.45, 2.75) is 18.8 Å². The van der Waals surface area contributed by atoms with E-state index in [1.54, 1.807) is 5.38 Å². The summed E-state index contributed by atoms with van der Waals surface area (Å²) in [5.74, 6) is -0.298. The smallest absolute Gasteiger partial charge is 0.309 e. The molecule has 0 radical (unpaired) electrons. The first-order chi connectivity index (χ1) is 9.22. The van der Waals surface area contributed by atoms with Crippen LogP contribution in [-0.2, 0) is 17.6 Å². The number of nitrogens with zero attached hydrogens (tertiary/aromatic N) is 1. The quantitative estimate of drug-likeness (QED) is 0.879. The summed E-state index contributed by atoms with van der Waals surface area (Å²) in [5.41, 5.74) is 3.46. The molecular formula is C14H14N2O2S. The Labute approximate surface area is 115 Å². The van der Waals surface area contributed by atoms with Crippen LogP contribution in [0.4, 0.5) is 5.13 Å². The Morgan fingerprint density at radius 3 is 3.11 bits per heavy atom. The molecule has 0 spiro atoms. The molecule has 0 saturated carbocycles. The van der Waals surface area contributed by atoms with Crippen molar-refractivity contribution >= 4 is 22.4 Å². The Morgan fingerprint density at radius 2 is 2.32 bits per heavy atom. The lowest BCUT2D eigenvalue weighted by atomic mass is 9.78. The molecule has 1 heterocycles. The molecule has 1 unspecified atom stereocenters. The number of carboxylic acids is 1. The number of aromatic nitrogens is 1. The molecule has 4 nitrogen and oxygen atoms in total. The molecule has 2 N–H and O–H groups in total. The van der Waals surface area contributed by atoms with Gasteiger partial charge in [0.25, 0.3) is 0 Å². The molecule has 3 rings (SSSR count). The van der Waals surface area contributed by atoms with E-state index in [1.807, 2.05) is 0 Å². The van der Waals surface area contributed by atoms with Gasteiger partial charge >= 0.3 is 5.97 Å². The summed E-state index contributed by atoms with van der Waals surface area (Å²) in [7, 11) is 0. The molecule has 1 aliphatic carbocycles. The molecule has 98 valence electrons. The molecule has 0 saturated heterocycles. The fourth-order valence-electron chi connectivity index (χ4n) is 2.38. The van der Waals surface area contributed by atoms with Crippen LogP contribution in [0.5, 0.6) is 0 Å². The van der Waals surface area contributed by atoms with Crippen LogP contribution in [-0.4, -0.2) is 22.6 Å². The third-order valence-corrected chi connectivity index (χ3v) is 4.19. The fraction of sp³-hybridized carbons (Fsp3) is 0.286. The molecule has 1 aromatic carbocycles. The van der Waals surface area contributed by atoms with Crippen molar-refractivity contribution in [3.8, 4) is 0 Å². The van der Waals surface area contributed by atoms with Gasteiger partial charge in [-0.2, -0.15) is 0 Å². The zero-order chi connectivity index (χ0) is 13.2. The predicted molar refractivity (Wildman–Crippen MR) is 74.8 cm³/mol. The van der Waals surface area contributed by atoms with Gasteiger partial charge in [-0.1, -0.05) is 24.3 Å². The highest BCUT2D eigenvalue weighted by Crippen LogP contribution is 2.34. The summed E-state index contributed by atoms with van der Waals surface area (Å²) >= 11 is 1.46. The summed E-state index contributed by atoms with van der Waals surface area (Å²) in [5, 5.41) is 14.6. The average Bonchev–Trinajstić information content (AvgIpc) is 2.77. The van der Waals surface area contributed by atoms with Crippen molar-refractivity contribution in [2.75, 3.05) is 11.9 Å². The average molecular weight is 274 g/mol. The lowest BCUT2D eigenvalue weighted by molar-refractivity contribution is -0.136. The van der Waals surface area contributed by atoms with Gasteiger partial charge in [0.2, 0.25) is 0 Å². The van der Waals surface area contributed by atoms with E-state index in [-0.39, 0.29) is 6.42 Å². The minimum Gasteiger partial charge on any atom is -0.481 e. The molecule has 19 heavy (non-hydrogen) atoms. The summed E-state index contributed by atoms with van der Waals surface area (Å²) < 4.78 is 0. The molecule has 2 aromatic rings. The lowest BCUT2D eigenvalue weighted by Crippen LogP contribution is -2.24. The van der Waals surface area contributed by atoms with Crippen LogP contribution in [0.15, 0.2) is 29.6 Å². The van der Waals surface area contributed by atoms with E-state index in [9.17, 15) is 4.79 Å². The van der Waals surface area contributed by atoms with Gasteiger partial charge in [-0.05, 0) is 17.5 Å². The minimum atomic E-state index is -0.843. The Morgan fingerprint density at radius 1 is 1.47 bits per heavy atom. The van der Waals surface area contributed by atoms with Crippen LogP contribution in [0.3, 0.4) is 0 Å². The van der Waals surface area contributed by atoms with Crippen molar-refractivity contribution in [1.29, 1.82) is 0 Å². The second kappa shape index (κ2) is 5.01. The van der Waals surface area contributed by atoms with Crippen LogP contribution in [0.25, 0.3) is 0 Å². The maximum atomic E-state index is 10.6. The number of hydrogen-bond donors (Lipinski definition) is 2. The first kappa shape index (κ1) is 12.2. The first-order valence-corrected chi connectivity index (χ1v) is 7.08. The van der Waals surface area contributed by atoms with Crippen LogP contribution in [0.1, 0.15) is 22.7 Å². The number of carbonyl (C=O) groups is 1. The number of carboxylic acid groups (broad SMARTS) is 1. The summed E-state index contributed by atoms with van der Waals surface area (Å²) in [6, 6.07) is 8.48. The monoisotopic (exact) mass is 274 g/mol. The molecule has 1 aromatic heterocycles. The minimum absolute atomic E-state index is 0.00948. The summed E-state index contributed by atoms with van der Waals surface area (Å²) in [4.78, 5) is 14.8. The highest BCUT2D eigenvalue weighted by molar-refractivity contribution is 7.13. The predicted octanol–water partition coefficient (Wildman–Crippen LogP) is 2.52. The molecule has 5 heteroatoms. The first-order valence-electron chi connectivity index (χ1n) is 6.20. The van der Waals surface area contributed by atoms with Gasteiger partial charge in [0.05, 0.1) is 12.1 Å². The number of rotatable bonds is 5. The second-order valence-corrected chi connectivity index (χ2v) is 5.55. The van der Waals surface area contributed by atoms with Gasteiger partial charge in [0, 0.05) is 17.8 Å². The van der Waals surface area contributed by atoms with Crippen LogP contribution >= 0.6 is 11.3 Å². The highest BCUT2D eigenvalue weighted by atomic mass is 32.1. The van der Waals surface area contributed by atoms with Crippen molar-refractivity contribution in [3.63, 3.8) is 0 Å². The number of fused-ring (bicyclic) bond motifs is 1. The van der Waals surface area contributed by atoms with Gasteiger partial charge in [-0.3, -0.25) is 4.79 Å². The van der Waals surface area contributed by atoms with E-state index in [0.717, 1.165) is 18.1 Å². The van der Waals surface area contributed by atoms with E-state index in [0.29, 0.717) is 11.6 Å². The second-order valence-electron chi connectivity index (χ2n) is 4.70. The van der Waals surface area contributed by atoms with Crippen molar-refractivity contribution in [2.24, 2.45) is 0 Å². The van der Waals surface area contributed by atoms with Gasteiger partial charge in [0.15, 0.2) is 5.13 Å². The van der Waals surface area contributed by atoms with Gasteiger partial charge < -0.3 is 10.4 Å². The lowest BCUT2D eigenvalue weighted by Gasteiger charge is -2.30. The number of nitrogens with one attached hydrogen (secondary N) is 1. The van der Waals surface area contributed by atoms with Crippen LogP contribution in [0, 0.1) is 0 Å². The number of hydrogen-bond acceptors (Lipinski definition) is 4. The fourth-order valence-corrected chi connectivity index (χ4v) is 3.10. The SMILES string of the molecule is O=C(O)Cc1csc(NCC2Cc3ccccc32)n1. The maximum absolute atomic E-state index is 10.6. The molecule has 1 atom stereocenters. The van der Waals surface area contributed by atoms with Gasteiger partial charge in [-0.25, -0.2) is 4.98 Å². The van der Waals surface area contributed by atoms with E-state index in [2.05, 4.69) is 34.6 Å². The number of benzene rings is 1. The summed E-state index contributed by atoms with van der Waals surface area (Å²) in [6.45, 7) is 0.858. The van der Waals surface area contributed by atoms with E-state index in [4.69, 9.17) is 5.11 Å². The number of anilines is 1. The van der Waals surface area contributed by atoms with Crippen molar-refractivity contribution in [3.05, 3.63) is 46.5 Å². The Bertz CT molecular complexity index is 609. The van der Waals surface area contributed by atoms with E-state index < -0.39 is 5.97 Å². The molecule has 0 fully saturated rings. The van der Waals surface area contributed by atoms with Crippen molar-refractivity contribution in [1.82, 2.24) is 4.98 Å². The third-order valence-electron chi connectivity index (χ3n) is 3.35. The Kier molecular flexibility index (Phi) is 3.21. The third kappa shape index (κ3) is 2.61. The normalized spacial score (nSPS) is 16.5. The topological polar surface area (TPSA) is 62.2 Å². The molecule has 1 aliphatic rings. The largest absolute Gasteiger partial charge is 0.481 e. The van der Waals surface area contributed by atoms with Gasteiger partial charge in [0.1, 0.15) is 0 Å². The van der Waals surface area contributed by atoms with Crippen LogP contribution in [0.2, 0.25) is 0 Å². The molecule has 0 aliphatic heterocycles. The molecule has 0 amide bonds. The van der Waals surface area contributed by atoms with Crippen LogP contribution < -0.4 is 5.32 Å². The molecule has 0 bridgehead atoms. The standard InChI is InChI=1S/C14H14N2O2S/c17-13(18)6-11-8-19-14(16-11)15-7-10-5-9-3-1-2-4-12(9)10/h1-4,8,10H,5-7H2,(H,15,16)(H,17,18). The summed E-state index contributed by atoms with van der Waals surface area (Å²) in [6.07, 6.45) is 1.10. The van der Waals surface area contributed by atoms with E-state index in [1.165, 1.54) is 22.5 Å². The Balaban J connectivity index is 1.56. The number of aliphatic carboxylic acids is 1. The van der Waals surface area contributed by atoms with Crippen molar-refractivity contribution < 1.29 is 9.90 Å². The zero-order valence-electron chi connectivity index (χ0n) is 10.3. The zero-order valence-corrected chi connectivity index (χ0v) is 11.1.